The third-order valence-electron chi connectivity index (χ3n) is 7.75. The Kier molecular flexibility index (Phi) is 6.32. The van der Waals surface area contributed by atoms with Crippen LogP contribution in [0.5, 0.6) is 5.75 Å². The Labute approximate surface area is 206 Å². The second-order valence-corrected chi connectivity index (χ2v) is 10.7. The van der Waals surface area contributed by atoms with E-state index in [1.54, 1.807) is 12.1 Å². The zero-order chi connectivity index (χ0) is 24.7. The summed E-state index contributed by atoms with van der Waals surface area (Å²) in [5.41, 5.74) is 2.58. The van der Waals surface area contributed by atoms with Gasteiger partial charge in [-0.15, -0.1) is 0 Å². The Morgan fingerprint density at radius 1 is 1.17 bits per heavy atom. The summed E-state index contributed by atoms with van der Waals surface area (Å²) >= 11 is 0. The maximum Gasteiger partial charge on any atom is 0.323 e. The first kappa shape index (κ1) is 23.8. The van der Waals surface area contributed by atoms with Gasteiger partial charge in [-0.2, -0.15) is 0 Å². The average molecular weight is 479 g/mol. The van der Waals surface area contributed by atoms with Crippen LogP contribution in [0.15, 0.2) is 48.5 Å². The van der Waals surface area contributed by atoms with Gasteiger partial charge >= 0.3 is 5.97 Å². The van der Waals surface area contributed by atoms with E-state index in [4.69, 9.17) is 9.47 Å². The number of fused-ring (bicyclic) bond motifs is 4. The number of amides is 1. The van der Waals surface area contributed by atoms with E-state index in [0.29, 0.717) is 11.6 Å². The quantitative estimate of drug-likeness (QED) is 0.699. The lowest BCUT2D eigenvalue weighted by atomic mass is 9.70. The summed E-state index contributed by atoms with van der Waals surface area (Å²) in [6, 6.07) is 15.4. The van der Waals surface area contributed by atoms with Crippen LogP contribution in [0.2, 0.25) is 0 Å². The van der Waals surface area contributed by atoms with Crippen molar-refractivity contribution >= 4 is 17.6 Å². The van der Waals surface area contributed by atoms with E-state index in [1.807, 2.05) is 18.2 Å². The number of hydrogen-bond donors (Lipinski definition) is 1. The van der Waals surface area contributed by atoms with E-state index in [-0.39, 0.29) is 42.7 Å². The van der Waals surface area contributed by atoms with Crippen LogP contribution in [0.1, 0.15) is 43.9 Å². The number of carboxylic acid groups (broad SMARTS) is 1. The predicted octanol–water partition coefficient (Wildman–Crippen LogP) is 4.05. The number of aliphatic carboxylic acids is 1. The molecule has 3 heterocycles. The molecule has 3 aliphatic rings. The molecule has 1 N–H and O–H groups in total. The summed E-state index contributed by atoms with van der Waals surface area (Å²) < 4.78 is 13.2. The fourth-order valence-electron chi connectivity index (χ4n) is 5.97. The number of nitrogens with zero attached hydrogens (tertiary/aromatic N) is 2. The lowest BCUT2D eigenvalue weighted by molar-refractivity contribution is -0.187. The van der Waals surface area contributed by atoms with Crippen LogP contribution in [0.25, 0.3) is 0 Å². The van der Waals surface area contributed by atoms with E-state index < -0.39 is 5.97 Å². The van der Waals surface area contributed by atoms with Crippen LogP contribution < -0.4 is 9.64 Å². The maximum absolute atomic E-state index is 13.2. The van der Waals surface area contributed by atoms with Crippen molar-refractivity contribution in [2.24, 2.45) is 11.8 Å². The molecule has 0 saturated carbocycles. The molecule has 0 spiro atoms. The van der Waals surface area contributed by atoms with E-state index in [2.05, 4.69) is 43.9 Å². The maximum atomic E-state index is 13.2. The number of aryl methyl sites for hydroxylation is 1. The SMILES string of the molecule is Cc1ccc2c(c1)OC(C)(C)[C@H]1C[C@@H]3CN(CC(=O)N(CC(=O)O)c4ccccc4)CC[C@@H]3O[C@H]21. The summed E-state index contributed by atoms with van der Waals surface area (Å²) in [7, 11) is 0. The molecule has 2 aromatic rings. The molecule has 7 nitrogen and oxygen atoms in total. The molecule has 1 amide bonds. The second kappa shape index (κ2) is 9.28. The zero-order valence-electron chi connectivity index (χ0n) is 20.6. The first-order chi connectivity index (χ1) is 16.7. The molecule has 0 radical (unpaired) electrons. The normalized spacial score (nSPS) is 27.1. The summed E-state index contributed by atoms with van der Waals surface area (Å²) in [6.45, 7) is 7.72. The zero-order valence-corrected chi connectivity index (χ0v) is 20.6. The first-order valence-electron chi connectivity index (χ1n) is 12.5. The van der Waals surface area contributed by atoms with Crippen molar-refractivity contribution in [2.45, 2.75) is 51.4 Å². The lowest BCUT2D eigenvalue weighted by Gasteiger charge is -2.53. The highest BCUT2D eigenvalue weighted by molar-refractivity contribution is 5.98. The average Bonchev–Trinajstić information content (AvgIpc) is 2.81. The van der Waals surface area contributed by atoms with E-state index in [9.17, 15) is 14.7 Å². The van der Waals surface area contributed by atoms with Crippen molar-refractivity contribution in [3.05, 3.63) is 59.7 Å². The molecule has 0 unspecified atom stereocenters. The van der Waals surface area contributed by atoms with E-state index >= 15 is 0 Å². The molecule has 7 heteroatoms. The monoisotopic (exact) mass is 478 g/mol. The highest BCUT2D eigenvalue weighted by Crippen LogP contribution is 2.53. The standard InChI is InChI=1S/C28H34N2O5/c1-18-9-10-21-24(13-18)35-28(2,3)22-14-19-15-29(12-11-23(19)34-27(21)22)16-25(31)30(17-26(32)33)20-7-5-4-6-8-20/h4-10,13,19,22-23,27H,11-12,14-17H2,1-3H3,(H,32,33)/t19-,22+,23+,27-/m1/s1. The van der Waals surface area contributed by atoms with Crippen molar-refractivity contribution in [1.82, 2.24) is 4.90 Å². The fourth-order valence-corrected chi connectivity index (χ4v) is 5.97. The van der Waals surface area contributed by atoms with Gasteiger partial charge in [-0.3, -0.25) is 14.5 Å². The van der Waals surface area contributed by atoms with Crippen molar-refractivity contribution in [2.75, 3.05) is 31.1 Å². The third kappa shape index (κ3) is 4.80. The number of hydrogen-bond acceptors (Lipinski definition) is 5. The molecule has 0 aliphatic carbocycles. The number of carboxylic acids is 1. The number of benzene rings is 2. The predicted molar refractivity (Wildman–Crippen MR) is 133 cm³/mol. The van der Waals surface area contributed by atoms with Crippen molar-refractivity contribution in [1.29, 1.82) is 0 Å². The van der Waals surface area contributed by atoms with E-state index in [1.165, 1.54) is 10.5 Å². The molecule has 3 aliphatic heterocycles. The number of carbonyl (C=O) groups excluding carboxylic acids is 1. The number of ether oxygens (including phenoxy) is 2. The van der Waals surface area contributed by atoms with Gasteiger partial charge in [-0.25, -0.2) is 0 Å². The highest BCUT2D eigenvalue weighted by Gasteiger charge is 2.51. The molecule has 0 bridgehead atoms. The van der Waals surface area contributed by atoms with Gasteiger partial charge in [0.1, 0.15) is 17.9 Å². The minimum absolute atomic E-state index is 0.0212. The van der Waals surface area contributed by atoms with Crippen LogP contribution in [0, 0.1) is 18.8 Å². The summed E-state index contributed by atoms with van der Waals surface area (Å²) in [5, 5.41) is 9.36. The Morgan fingerprint density at radius 3 is 2.69 bits per heavy atom. The van der Waals surface area contributed by atoms with Crippen LogP contribution in [0.4, 0.5) is 5.69 Å². The largest absolute Gasteiger partial charge is 0.487 e. The molecular weight excluding hydrogens is 444 g/mol. The molecular formula is C28H34N2O5. The van der Waals surface area contributed by atoms with Crippen LogP contribution in [-0.2, 0) is 14.3 Å². The van der Waals surface area contributed by atoms with Gasteiger partial charge in [0.25, 0.3) is 0 Å². The minimum Gasteiger partial charge on any atom is -0.487 e. The van der Waals surface area contributed by atoms with Gasteiger partial charge in [-0.1, -0.05) is 30.3 Å². The fraction of sp³-hybridized carbons (Fsp3) is 0.500. The minimum atomic E-state index is -1.03. The highest BCUT2D eigenvalue weighted by atomic mass is 16.5. The van der Waals surface area contributed by atoms with Gasteiger partial charge in [0.05, 0.1) is 18.8 Å². The number of carbonyl (C=O) groups is 2. The number of anilines is 1. The van der Waals surface area contributed by atoms with Gasteiger partial charge in [0.2, 0.25) is 5.91 Å². The topological polar surface area (TPSA) is 79.3 Å². The smallest absolute Gasteiger partial charge is 0.323 e. The third-order valence-corrected chi connectivity index (χ3v) is 7.75. The van der Waals surface area contributed by atoms with E-state index in [0.717, 1.165) is 37.2 Å². The molecule has 0 aromatic heterocycles. The number of rotatable bonds is 5. The van der Waals surface area contributed by atoms with Crippen LogP contribution in [-0.4, -0.2) is 59.8 Å². The van der Waals surface area contributed by atoms with Gasteiger partial charge in [0, 0.05) is 30.3 Å². The number of piperidine rings is 1. The Morgan fingerprint density at radius 2 is 1.94 bits per heavy atom. The number of para-hydroxylation sites is 1. The molecule has 186 valence electrons. The molecule has 4 atom stereocenters. The number of likely N-dealkylation sites (tertiary alicyclic amines) is 1. The first-order valence-corrected chi connectivity index (χ1v) is 12.5. The molecule has 2 aromatic carbocycles. The Hall–Kier alpha value is -2.90. The summed E-state index contributed by atoms with van der Waals surface area (Å²) in [6.07, 6.45) is 1.99. The molecule has 35 heavy (non-hydrogen) atoms. The lowest BCUT2D eigenvalue weighted by Crippen LogP contribution is -2.56. The van der Waals surface area contributed by atoms with Crippen LogP contribution >= 0.6 is 0 Å². The Bertz CT molecular complexity index is 1100. The van der Waals surface area contributed by atoms with Crippen molar-refractivity contribution < 1.29 is 24.2 Å². The van der Waals surface area contributed by atoms with Crippen LogP contribution in [0.3, 0.4) is 0 Å². The van der Waals surface area contributed by atoms with Gasteiger partial charge in [0.15, 0.2) is 0 Å². The summed E-state index contributed by atoms with van der Waals surface area (Å²) in [5.74, 6) is 0.233. The van der Waals surface area contributed by atoms with Gasteiger partial charge in [-0.05, 0) is 63.3 Å². The van der Waals surface area contributed by atoms with Crippen molar-refractivity contribution in [3.8, 4) is 5.75 Å². The molecule has 2 fully saturated rings. The summed E-state index contributed by atoms with van der Waals surface area (Å²) in [4.78, 5) is 28.1. The second-order valence-electron chi connectivity index (χ2n) is 10.7. The van der Waals surface area contributed by atoms with Crippen molar-refractivity contribution in [3.63, 3.8) is 0 Å². The molecule has 2 saturated heterocycles. The Balaban J connectivity index is 1.29. The molecule has 5 rings (SSSR count). The van der Waals surface area contributed by atoms with Gasteiger partial charge < -0.3 is 19.5 Å².